The predicted molar refractivity (Wildman–Crippen MR) is 170 cm³/mol. The fraction of sp³-hybridized carbons (Fsp3) is 0.500. The highest BCUT2D eigenvalue weighted by atomic mass is 79.9. The lowest BCUT2D eigenvalue weighted by Crippen LogP contribution is -2.67. The zero-order valence-electron chi connectivity index (χ0n) is 26.5. The number of hydrogen-bond donors (Lipinski definition) is 1. The number of amides is 1. The van der Waals surface area contributed by atoms with Gasteiger partial charge < -0.3 is 24.4 Å². The van der Waals surface area contributed by atoms with E-state index in [1.54, 1.807) is 58.0 Å². The van der Waals surface area contributed by atoms with Crippen LogP contribution in [0.5, 0.6) is 11.5 Å². The van der Waals surface area contributed by atoms with Crippen molar-refractivity contribution in [2.75, 3.05) is 18.0 Å². The minimum absolute atomic E-state index is 0.0498. The second-order valence-corrected chi connectivity index (χ2v) is 14.8. The van der Waals surface area contributed by atoms with Crippen LogP contribution in [0.25, 0.3) is 10.9 Å². The van der Waals surface area contributed by atoms with Gasteiger partial charge in [-0.25, -0.2) is 13.8 Å². The molecule has 1 N–H and O–H groups in total. The van der Waals surface area contributed by atoms with Crippen LogP contribution < -0.4 is 19.7 Å². The minimum Gasteiger partial charge on any atom is -0.484 e. The maximum Gasteiger partial charge on any atom is 0.387 e. The highest BCUT2D eigenvalue weighted by molar-refractivity contribution is 9.10. The van der Waals surface area contributed by atoms with Crippen LogP contribution in [0.2, 0.25) is 0 Å². The Hall–Kier alpha value is -3.61. The number of alkyl halides is 4. The van der Waals surface area contributed by atoms with Crippen LogP contribution in [0.15, 0.2) is 46.9 Å². The molecule has 1 amide bonds. The smallest absolute Gasteiger partial charge is 0.387 e. The molecule has 7 rings (SSSR count). The quantitative estimate of drug-likeness (QED) is 0.190. The first-order valence-electron chi connectivity index (χ1n) is 15.5. The van der Waals surface area contributed by atoms with Crippen LogP contribution in [0.4, 0.5) is 23.4 Å². The van der Waals surface area contributed by atoms with Crippen molar-refractivity contribution >= 4 is 44.5 Å². The summed E-state index contributed by atoms with van der Waals surface area (Å²) in [5, 5.41) is 3.76. The minimum atomic E-state index is -3.09. The molecule has 1 atom stereocenters. The largest absolute Gasteiger partial charge is 0.484 e. The lowest BCUT2D eigenvalue weighted by molar-refractivity contribution is -0.181. The molecule has 1 unspecified atom stereocenters. The summed E-state index contributed by atoms with van der Waals surface area (Å²) in [5.74, 6) is -3.49. The van der Waals surface area contributed by atoms with E-state index < -0.39 is 54.2 Å². The first-order chi connectivity index (χ1) is 22.0. The number of aromatic nitrogens is 1. The van der Waals surface area contributed by atoms with Crippen LogP contribution >= 0.6 is 15.9 Å². The number of carbonyl (C=O) groups is 2. The number of carbonyl (C=O) groups excluding carboxylic acids is 2. The van der Waals surface area contributed by atoms with Crippen LogP contribution in [0, 0.1) is 12.3 Å². The van der Waals surface area contributed by atoms with E-state index in [-0.39, 0.29) is 29.5 Å². The molecule has 1 aromatic heterocycles. The standard InChI is InChI=1S/C34H36BrF4N3O5/c1-19-26(21-15-20(35)9-10-22(21)40-27(19)42-17-34(38,39)18-42)28(43)41-33-13-11-32(12-14-33,29(44)47-31(2,3)4)16-25(33)45-23-7-5-6-8-24(23)46-30(36)37/h5-10,15,25,30H,11-14,16-18H2,1-4H3,(H,41,43). The molecular formula is C34H36BrF4N3O5. The summed E-state index contributed by atoms with van der Waals surface area (Å²) in [7, 11) is 0. The normalized spacial score (nSPS) is 25.0. The third-order valence-electron chi connectivity index (χ3n) is 9.36. The summed E-state index contributed by atoms with van der Waals surface area (Å²) < 4.78 is 72.0. The maximum atomic E-state index is 14.5. The summed E-state index contributed by atoms with van der Waals surface area (Å²) in [6.07, 6.45) is 0.855. The molecule has 1 saturated heterocycles. The number of halogens is 5. The first kappa shape index (κ1) is 33.3. The number of nitrogens with one attached hydrogen (secondary N) is 1. The number of ether oxygens (including phenoxy) is 3. The molecule has 0 radical (unpaired) electrons. The Labute approximate surface area is 278 Å². The van der Waals surface area contributed by atoms with Crippen molar-refractivity contribution < 1.29 is 41.4 Å². The van der Waals surface area contributed by atoms with E-state index in [2.05, 4.69) is 26.2 Å². The summed E-state index contributed by atoms with van der Waals surface area (Å²) in [6.45, 7) is 2.96. The van der Waals surface area contributed by atoms with Gasteiger partial charge in [0.2, 0.25) is 0 Å². The van der Waals surface area contributed by atoms with E-state index >= 15 is 0 Å². The Bertz CT molecular complexity index is 1710. The van der Waals surface area contributed by atoms with Crippen LogP contribution in [-0.2, 0) is 9.53 Å². The van der Waals surface area contributed by atoms with Gasteiger partial charge in [-0.1, -0.05) is 28.1 Å². The lowest BCUT2D eigenvalue weighted by Gasteiger charge is -2.56. The van der Waals surface area contributed by atoms with E-state index in [1.807, 2.05) is 0 Å². The van der Waals surface area contributed by atoms with Gasteiger partial charge in [0.25, 0.3) is 11.8 Å². The number of anilines is 1. The molecule has 47 heavy (non-hydrogen) atoms. The molecule has 2 bridgehead atoms. The number of esters is 1. The molecule has 3 aromatic rings. The second kappa shape index (κ2) is 11.8. The Morgan fingerprint density at radius 2 is 1.70 bits per heavy atom. The van der Waals surface area contributed by atoms with Gasteiger partial charge in [0.15, 0.2) is 11.5 Å². The molecular weight excluding hydrogens is 686 g/mol. The van der Waals surface area contributed by atoms with Gasteiger partial charge in [-0.3, -0.25) is 9.59 Å². The number of fused-ring (bicyclic) bond motifs is 4. The van der Waals surface area contributed by atoms with Gasteiger partial charge in [-0.15, -0.1) is 0 Å². The van der Waals surface area contributed by atoms with Crippen molar-refractivity contribution in [1.82, 2.24) is 10.3 Å². The fourth-order valence-electron chi connectivity index (χ4n) is 7.05. The van der Waals surface area contributed by atoms with Gasteiger partial charge in [0.05, 0.1) is 35.1 Å². The summed E-state index contributed by atoms with van der Waals surface area (Å²) in [5.41, 5.74) is -1.44. The van der Waals surface area contributed by atoms with E-state index in [0.29, 0.717) is 52.4 Å². The van der Waals surface area contributed by atoms with E-state index in [4.69, 9.17) is 14.2 Å². The molecule has 8 nitrogen and oxygen atoms in total. The van der Waals surface area contributed by atoms with Crippen molar-refractivity contribution in [2.24, 2.45) is 5.41 Å². The number of nitrogens with zero attached hydrogens (tertiary/aromatic N) is 2. The molecule has 3 saturated carbocycles. The summed E-state index contributed by atoms with van der Waals surface area (Å²) in [4.78, 5) is 34.2. The number of benzene rings is 2. The average Bonchev–Trinajstić information content (AvgIpc) is 2.96. The highest BCUT2D eigenvalue weighted by Gasteiger charge is 2.60. The fourth-order valence-corrected chi connectivity index (χ4v) is 7.41. The Balaban J connectivity index is 1.39. The summed E-state index contributed by atoms with van der Waals surface area (Å²) in [6, 6.07) is 11.3. The van der Waals surface area contributed by atoms with E-state index in [0.717, 1.165) is 0 Å². The van der Waals surface area contributed by atoms with Crippen LogP contribution in [-0.4, -0.2) is 59.7 Å². The van der Waals surface area contributed by atoms with Gasteiger partial charge in [-0.05, 0) is 83.7 Å². The summed E-state index contributed by atoms with van der Waals surface area (Å²) >= 11 is 3.47. The Kier molecular flexibility index (Phi) is 8.37. The highest BCUT2D eigenvalue weighted by Crippen LogP contribution is 2.55. The van der Waals surface area contributed by atoms with Crippen LogP contribution in [0.1, 0.15) is 68.8 Å². The molecule has 0 spiro atoms. The topological polar surface area (TPSA) is 90.0 Å². The molecule has 252 valence electrons. The second-order valence-electron chi connectivity index (χ2n) is 13.8. The number of rotatable bonds is 8. The van der Waals surface area contributed by atoms with Crippen molar-refractivity contribution in [2.45, 2.75) is 89.6 Å². The third kappa shape index (κ3) is 6.47. The SMILES string of the molecule is Cc1c(N2CC(F)(F)C2)nc2ccc(Br)cc2c1C(=O)NC12CCC(C(=O)OC(C)(C)C)(CC1)CC2Oc1ccccc1OC(F)F. The van der Waals surface area contributed by atoms with Gasteiger partial charge in [-0.2, -0.15) is 8.78 Å². The van der Waals surface area contributed by atoms with Crippen molar-refractivity contribution in [3.8, 4) is 11.5 Å². The van der Waals surface area contributed by atoms with Crippen molar-refractivity contribution in [3.63, 3.8) is 0 Å². The maximum absolute atomic E-state index is 14.5. The van der Waals surface area contributed by atoms with E-state index in [1.165, 1.54) is 17.0 Å². The Morgan fingerprint density at radius 3 is 2.32 bits per heavy atom. The molecule has 2 aromatic carbocycles. The van der Waals surface area contributed by atoms with Crippen molar-refractivity contribution in [3.05, 3.63) is 58.1 Å². The first-order valence-corrected chi connectivity index (χ1v) is 16.3. The molecule has 4 aliphatic rings. The monoisotopic (exact) mass is 721 g/mol. The lowest BCUT2D eigenvalue weighted by atomic mass is 9.55. The Morgan fingerprint density at radius 1 is 1.04 bits per heavy atom. The molecule has 4 fully saturated rings. The zero-order chi connectivity index (χ0) is 33.9. The van der Waals surface area contributed by atoms with E-state index in [9.17, 15) is 27.2 Å². The van der Waals surface area contributed by atoms with Gasteiger partial charge >= 0.3 is 12.6 Å². The molecule has 2 heterocycles. The average molecular weight is 723 g/mol. The predicted octanol–water partition coefficient (Wildman–Crippen LogP) is 7.58. The van der Waals surface area contributed by atoms with Gasteiger partial charge in [0, 0.05) is 21.8 Å². The molecule has 1 aliphatic heterocycles. The number of pyridine rings is 1. The zero-order valence-corrected chi connectivity index (χ0v) is 28.1. The number of hydrogen-bond acceptors (Lipinski definition) is 7. The third-order valence-corrected chi connectivity index (χ3v) is 9.85. The van der Waals surface area contributed by atoms with Crippen LogP contribution in [0.3, 0.4) is 0 Å². The van der Waals surface area contributed by atoms with Crippen molar-refractivity contribution in [1.29, 1.82) is 0 Å². The molecule has 13 heteroatoms. The molecule has 3 aliphatic carbocycles. The number of para-hydroxylation sites is 2. The van der Waals surface area contributed by atoms with Gasteiger partial charge in [0.1, 0.15) is 17.5 Å².